The van der Waals surface area contributed by atoms with Crippen LogP contribution in [-0.4, -0.2) is 18.3 Å². The maximum absolute atomic E-state index is 9.75. The van der Waals surface area contributed by atoms with Crippen LogP contribution in [0.15, 0.2) is 18.2 Å². The molecular weight excluding hydrogens is 180 g/mol. The van der Waals surface area contributed by atoms with Crippen molar-refractivity contribution < 1.29 is 9.84 Å². The summed E-state index contributed by atoms with van der Waals surface area (Å²) >= 11 is 0. The highest BCUT2D eigenvalue weighted by molar-refractivity contribution is 5.47. The summed E-state index contributed by atoms with van der Waals surface area (Å²) < 4.78 is 4.97. The van der Waals surface area contributed by atoms with Crippen LogP contribution in [0.25, 0.3) is 0 Å². The highest BCUT2D eigenvalue weighted by Crippen LogP contribution is 2.33. The number of aromatic hydroxyl groups is 1. The van der Waals surface area contributed by atoms with Gasteiger partial charge in [0.2, 0.25) is 0 Å². The van der Waals surface area contributed by atoms with Crippen molar-refractivity contribution in [1.82, 2.24) is 0 Å². The van der Waals surface area contributed by atoms with Crippen molar-refractivity contribution in [3.05, 3.63) is 23.8 Å². The predicted octanol–water partition coefficient (Wildman–Crippen LogP) is 0.748. The van der Waals surface area contributed by atoms with Gasteiger partial charge in [-0.25, -0.2) is 0 Å². The molecule has 0 aromatic heterocycles. The zero-order chi connectivity index (χ0) is 10.7. The van der Waals surface area contributed by atoms with Gasteiger partial charge in [-0.2, -0.15) is 0 Å². The van der Waals surface area contributed by atoms with Crippen LogP contribution < -0.4 is 16.2 Å². The third-order valence-electron chi connectivity index (χ3n) is 2.18. The predicted molar refractivity (Wildman–Crippen MR) is 55.2 cm³/mol. The molecule has 5 N–H and O–H groups in total. The Hall–Kier alpha value is -1.26. The first-order valence-electron chi connectivity index (χ1n) is 4.45. The van der Waals surface area contributed by atoms with Crippen LogP contribution in [0.1, 0.15) is 18.5 Å². The minimum Gasteiger partial charge on any atom is -0.504 e. The lowest BCUT2D eigenvalue weighted by molar-refractivity contribution is 0.367. The van der Waals surface area contributed by atoms with Crippen molar-refractivity contribution in [2.75, 3.05) is 7.11 Å². The molecule has 14 heavy (non-hydrogen) atoms. The van der Waals surface area contributed by atoms with Crippen LogP contribution in [0.5, 0.6) is 11.5 Å². The molecule has 0 amide bonds. The van der Waals surface area contributed by atoms with Gasteiger partial charge in [-0.05, 0) is 13.0 Å². The molecule has 0 aliphatic rings. The Labute approximate surface area is 83.5 Å². The summed E-state index contributed by atoms with van der Waals surface area (Å²) in [5.41, 5.74) is 12.1. The normalized spacial score (nSPS) is 14.9. The van der Waals surface area contributed by atoms with E-state index in [1.54, 1.807) is 25.1 Å². The molecule has 0 radical (unpaired) electrons. The molecule has 1 rings (SSSR count). The molecule has 0 saturated heterocycles. The number of rotatable bonds is 3. The average molecular weight is 196 g/mol. The van der Waals surface area contributed by atoms with Gasteiger partial charge in [-0.1, -0.05) is 12.1 Å². The maximum atomic E-state index is 9.75. The minimum atomic E-state index is -0.384. The maximum Gasteiger partial charge on any atom is 0.162 e. The lowest BCUT2D eigenvalue weighted by Gasteiger charge is -2.18. The van der Waals surface area contributed by atoms with Gasteiger partial charge in [0.15, 0.2) is 11.5 Å². The second kappa shape index (κ2) is 4.30. The first-order valence-corrected chi connectivity index (χ1v) is 4.45. The van der Waals surface area contributed by atoms with Gasteiger partial charge in [0.25, 0.3) is 0 Å². The lowest BCUT2D eigenvalue weighted by Crippen LogP contribution is -2.31. The van der Waals surface area contributed by atoms with E-state index in [1.165, 1.54) is 7.11 Å². The summed E-state index contributed by atoms with van der Waals surface area (Å²) in [7, 11) is 1.50. The Morgan fingerprint density at radius 2 is 2.00 bits per heavy atom. The highest BCUT2D eigenvalue weighted by Gasteiger charge is 2.16. The first-order chi connectivity index (χ1) is 6.57. The molecule has 2 unspecified atom stereocenters. The molecule has 1 aromatic rings. The van der Waals surface area contributed by atoms with Gasteiger partial charge in [-0.15, -0.1) is 0 Å². The van der Waals surface area contributed by atoms with Crippen LogP contribution in [0.4, 0.5) is 0 Å². The standard InChI is InChI=1S/C10H16N2O2/c1-6(11)9(12)7-4-3-5-8(14-2)10(7)13/h3-6,9,13H,11-12H2,1-2H3. The van der Waals surface area contributed by atoms with E-state index in [0.29, 0.717) is 11.3 Å². The number of ether oxygens (including phenoxy) is 1. The van der Waals surface area contributed by atoms with E-state index in [4.69, 9.17) is 16.2 Å². The van der Waals surface area contributed by atoms with Gasteiger partial charge < -0.3 is 21.3 Å². The Balaban J connectivity index is 3.09. The van der Waals surface area contributed by atoms with Gasteiger partial charge in [0.1, 0.15) is 0 Å². The Kier molecular flexibility index (Phi) is 3.33. The van der Waals surface area contributed by atoms with Crippen LogP contribution in [0.3, 0.4) is 0 Å². The highest BCUT2D eigenvalue weighted by atomic mass is 16.5. The zero-order valence-corrected chi connectivity index (χ0v) is 8.40. The molecule has 0 saturated carbocycles. The van der Waals surface area contributed by atoms with E-state index in [2.05, 4.69) is 0 Å². The molecule has 0 aliphatic heterocycles. The number of hydrogen-bond acceptors (Lipinski definition) is 4. The van der Waals surface area contributed by atoms with Crippen molar-refractivity contribution in [2.24, 2.45) is 11.5 Å². The van der Waals surface area contributed by atoms with E-state index >= 15 is 0 Å². The van der Waals surface area contributed by atoms with Crippen LogP contribution in [0, 0.1) is 0 Å². The number of methoxy groups -OCH3 is 1. The van der Waals surface area contributed by atoms with E-state index in [-0.39, 0.29) is 17.8 Å². The SMILES string of the molecule is COc1cccc(C(N)C(C)N)c1O. The molecule has 0 aliphatic carbocycles. The summed E-state index contributed by atoms with van der Waals surface area (Å²) in [4.78, 5) is 0. The fourth-order valence-electron chi connectivity index (χ4n) is 1.26. The quantitative estimate of drug-likeness (QED) is 0.666. The van der Waals surface area contributed by atoms with E-state index < -0.39 is 0 Å². The number of phenols is 1. The van der Waals surface area contributed by atoms with Gasteiger partial charge in [-0.3, -0.25) is 0 Å². The van der Waals surface area contributed by atoms with Crippen molar-refractivity contribution in [2.45, 2.75) is 19.0 Å². The molecule has 78 valence electrons. The summed E-state index contributed by atoms with van der Waals surface area (Å²) in [6.45, 7) is 1.80. The zero-order valence-electron chi connectivity index (χ0n) is 8.40. The van der Waals surface area contributed by atoms with E-state index in [0.717, 1.165) is 0 Å². The number of para-hydroxylation sites is 1. The Morgan fingerprint density at radius 3 is 2.50 bits per heavy atom. The molecule has 2 atom stereocenters. The third kappa shape index (κ3) is 1.97. The van der Waals surface area contributed by atoms with Crippen molar-refractivity contribution in [1.29, 1.82) is 0 Å². The average Bonchev–Trinajstić information content (AvgIpc) is 2.17. The van der Waals surface area contributed by atoms with E-state index in [9.17, 15) is 5.11 Å². The summed E-state index contributed by atoms with van der Waals surface area (Å²) in [6.07, 6.45) is 0. The summed E-state index contributed by atoms with van der Waals surface area (Å²) in [5.74, 6) is 0.485. The molecule has 0 bridgehead atoms. The molecular formula is C10H16N2O2. The van der Waals surface area contributed by atoms with Crippen LogP contribution >= 0.6 is 0 Å². The molecule has 0 fully saturated rings. The first kappa shape index (κ1) is 10.8. The Morgan fingerprint density at radius 1 is 1.36 bits per heavy atom. The van der Waals surface area contributed by atoms with Crippen molar-refractivity contribution in [3.63, 3.8) is 0 Å². The lowest BCUT2D eigenvalue weighted by atomic mass is 10.0. The van der Waals surface area contributed by atoms with Gasteiger partial charge in [0.05, 0.1) is 7.11 Å². The molecule has 4 nitrogen and oxygen atoms in total. The van der Waals surface area contributed by atoms with Gasteiger partial charge >= 0.3 is 0 Å². The largest absolute Gasteiger partial charge is 0.504 e. The minimum absolute atomic E-state index is 0.0693. The molecule has 0 spiro atoms. The van der Waals surface area contributed by atoms with Crippen LogP contribution in [0.2, 0.25) is 0 Å². The molecule has 0 heterocycles. The second-order valence-electron chi connectivity index (χ2n) is 3.28. The number of nitrogens with two attached hydrogens (primary N) is 2. The number of phenolic OH excluding ortho intramolecular Hbond substituents is 1. The van der Waals surface area contributed by atoms with Crippen LogP contribution in [-0.2, 0) is 0 Å². The second-order valence-corrected chi connectivity index (χ2v) is 3.28. The number of hydrogen-bond donors (Lipinski definition) is 3. The molecule has 4 heteroatoms. The smallest absolute Gasteiger partial charge is 0.162 e. The topological polar surface area (TPSA) is 81.5 Å². The third-order valence-corrected chi connectivity index (χ3v) is 2.18. The fourth-order valence-corrected chi connectivity index (χ4v) is 1.26. The van der Waals surface area contributed by atoms with Crippen molar-refractivity contribution in [3.8, 4) is 11.5 Å². The van der Waals surface area contributed by atoms with Crippen molar-refractivity contribution >= 4 is 0 Å². The van der Waals surface area contributed by atoms with Gasteiger partial charge in [0, 0.05) is 17.6 Å². The summed E-state index contributed by atoms with van der Waals surface area (Å²) in [6, 6.07) is 4.59. The number of benzene rings is 1. The Bertz CT molecular complexity index is 313. The van der Waals surface area contributed by atoms with E-state index in [1.807, 2.05) is 0 Å². The summed E-state index contributed by atoms with van der Waals surface area (Å²) in [5, 5.41) is 9.75. The molecule has 1 aromatic carbocycles. The fraction of sp³-hybridized carbons (Fsp3) is 0.400. The monoisotopic (exact) mass is 196 g/mol.